The summed E-state index contributed by atoms with van der Waals surface area (Å²) in [6.07, 6.45) is 3.85. The molecule has 2 fully saturated rings. The van der Waals surface area contributed by atoms with E-state index < -0.39 is 0 Å². The molecule has 114 valence electrons. The van der Waals surface area contributed by atoms with Crippen molar-refractivity contribution in [2.75, 3.05) is 39.3 Å². The molecule has 20 heavy (non-hydrogen) atoms. The van der Waals surface area contributed by atoms with Crippen LogP contribution < -0.4 is 5.32 Å². The Morgan fingerprint density at radius 2 is 1.80 bits per heavy atom. The first-order valence-electron chi connectivity index (χ1n) is 7.85. The van der Waals surface area contributed by atoms with Crippen molar-refractivity contribution < 1.29 is 9.59 Å². The average Bonchev–Trinajstić information content (AvgIpc) is 2.73. The van der Waals surface area contributed by atoms with Crippen LogP contribution in [0.4, 0.5) is 0 Å². The van der Waals surface area contributed by atoms with Crippen LogP contribution in [-0.2, 0) is 9.59 Å². The number of nitrogens with one attached hydrogen (secondary N) is 1. The van der Waals surface area contributed by atoms with Crippen molar-refractivity contribution >= 4 is 11.8 Å². The molecule has 1 N–H and O–H groups in total. The molecular weight excluding hydrogens is 254 g/mol. The van der Waals surface area contributed by atoms with Crippen LogP contribution in [0.3, 0.4) is 0 Å². The fraction of sp³-hybridized carbons (Fsp3) is 0.867. The molecule has 0 aromatic heterocycles. The first-order valence-corrected chi connectivity index (χ1v) is 7.85. The van der Waals surface area contributed by atoms with Gasteiger partial charge in [-0.15, -0.1) is 0 Å². The van der Waals surface area contributed by atoms with Gasteiger partial charge in [0.25, 0.3) is 0 Å². The second-order valence-corrected chi connectivity index (χ2v) is 6.07. The molecule has 2 amide bonds. The van der Waals surface area contributed by atoms with Gasteiger partial charge in [-0.25, -0.2) is 0 Å². The standard InChI is InChI=1S/C15H27N3O2/c1-3-15(6-4-7-16-12-15)14(20)18-9-5-8-17(10-11-18)13(2)19/h16H,3-12H2,1-2H3. The predicted octanol–water partition coefficient (Wildman–Crippen LogP) is 0.847. The summed E-state index contributed by atoms with van der Waals surface area (Å²) in [5.74, 6) is 0.404. The number of hydrogen-bond donors (Lipinski definition) is 1. The lowest BCUT2D eigenvalue weighted by molar-refractivity contribution is -0.143. The minimum Gasteiger partial charge on any atom is -0.341 e. The Labute approximate surface area is 121 Å². The molecule has 0 radical (unpaired) electrons. The van der Waals surface area contributed by atoms with E-state index >= 15 is 0 Å². The topological polar surface area (TPSA) is 52.7 Å². The number of hydrogen-bond acceptors (Lipinski definition) is 3. The Hall–Kier alpha value is -1.10. The van der Waals surface area contributed by atoms with Crippen molar-refractivity contribution in [3.63, 3.8) is 0 Å². The van der Waals surface area contributed by atoms with Crippen LogP contribution in [0.2, 0.25) is 0 Å². The zero-order valence-electron chi connectivity index (χ0n) is 12.8. The van der Waals surface area contributed by atoms with Gasteiger partial charge in [0.1, 0.15) is 0 Å². The van der Waals surface area contributed by atoms with E-state index in [-0.39, 0.29) is 17.2 Å². The maximum Gasteiger partial charge on any atom is 0.230 e. The summed E-state index contributed by atoms with van der Waals surface area (Å²) in [6, 6.07) is 0. The highest BCUT2D eigenvalue weighted by molar-refractivity contribution is 5.83. The summed E-state index contributed by atoms with van der Waals surface area (Å²) in [5.41, 5.74) is -0.219. The van der Waals surface area contributed by atoms with Crippen molar-refractivity contribution in [1.29, 1.82) is 0 Å². The second kappa shape index (κ2) is 6.57. The molecule has 2 rings (SSSR count). The molecule has 5 nitrogen and oxygen atoms in total. The highest BCUT2D eigenvalue weighted by Gasteiger charge is 2.40. The van der Waals surface area contributed by atoms with Crippen LogP contribution >= 0.6 is 0 Å². The van der Waals surface area contributed by atoms with Crippen LogP contribution in [0.5, 0.6) is 0 Å². The highest BCUT2D eigenvalue weighted by Crippen LogP contribution is 2.32. The summed E-state index contributed by atoms with van der Waals surface area (Å²) >= 11 is 0. The molecule has 0 spiro atoms. The van der Waals surface area contributed by atoms with Crippen molar-refractivity contribution in [2.45, 2.75) is 39.5 Å². The second-order valence-electron chi connectivity index (χ2n) is 6.07. The molecule has 5 heteroatoms. The zero-order valence-corrected chi connectivity index (χ0v) is 12.8. The molecule has 0 aliphatic carbocycles. The van der Waals surface area contributed by atoms with Crippen LogP contribution in [0, 0.1) is 5.41 Å². The Kier molecular flexibility index (Phi) is 5.02. The van der Waals surface area contributed by atoms with Crippen LogP contribution in [0.25, 0.3) is 0 Å². The number of rotatable bonds is 2. The van der Waals surface area contributed by atoms with Crippen LogP contribution in [0.15, 0.2) is 0 Å². The normalized spacial score (nSPS) is 28.1. The van der Waals surface area contributed by atoms with E-state index in [2.05, 4.69) is 12.2 Å². The van der Waals surface area contributed by atoms with E-state index in [1.807, 2.05) is 9.80 Å². The van der Waals surface area contributed by atoms with Gasteiger partial charge in [0, 0.05) is 39.6 Å². The van der Waals surface area contributed by atoms with E-state index in [9.17, 15) is 9.59 Å². The van der Waals surface area contributed by atoms with Crippen molar-refractivity contribution in [3.05, 3.63) is 0 Å². The van der Waals surface area contributed by atoms with E-state index in [0.29, 0.717) is 13.1 Å². The van der Waals surface area contributed by atoms with Gasteiger partial charge in [-0.1, -0.05) is 6.92 Å². The van der Waals surface area contributed by atoms with Crippen molar-refractivity contribution in [1.82, 2.24) is 15.1 Å². The lowest BCUT2D eigenvalue weighted by atomic mass is 9.77. The third-order valence-electron chi connectivity index (χ3n) is 4.83. The van der Waals surface area contributed by atoms with Crippen LogP contribution in [0.1, 0.15) is 39.5 Å². The first kappa shape index (κ1) is 15.3. The smallest absolute Gasteiger partial charge is 0.230 e. The van der Waals surface area contributed by atoms with Gasteiger partial charge in [0.05, 0.1) is 5.41 Å². The summed E-state index contributed by atoms with van der Waals surface area (Å²) in [5, 5.41) is 3.38. The van der Waals surface area contributed by atoms with Crippen LogP contribution in [-0.4, -0.2) is 60.9 Å². The monoisotopic (exact) mass is 281 g/mol. The minimum absolute atomic E-state index is 0.115. The molecular formula is C15H27N3O2. The molecule has 2 aliphatic rings. The van der Waals surface area contributed by atoms with Gasteiger partial charge in [0.2, 0.25) is 11.8 Å². The van der Waals surface area contributed by atoms with Crippen molar-refractivity contribution in [3.8, 4) is 0 Å². The molecule has 0 aromatic rings. The average molecular weight is 281 g/mol. The summed E-state index contributed by atoms with van der Waals surface area (Å²) in [6.45, 7) is 8.46. The fourth-order valence-corrected chi connectivity index (χ4v) is 3.37. The Balaban J connectivity index is 2.02. The van der Waals surface area contributed by atoms with E-state index in [1.54, 1.807) is 6.92 Å². The molecule has 1 unspecified atom stereocenters. The molecule has 2 aliphatic heterocycles. The molecule has 0 bridgehead atoms. The number of carbonyl (C=O) groups excluding carboxylic acids is 2. The first-order chi connectivity index (χ1) is 9.59. The third-order valence-corrected chi connectivity index (χ3v) is 4.83. The van der Waals surface area contributed by atoms with Gasteiger partial charge in [-0.3, -0.25) is 9.59 Å². The lowest BCUT2D eigenvalue weighted by Crippen LogP contribution is -2.52. The Bertz CT molecular complexity index is 364. The van der Waals surface area contributed by atoms with Gasteiger partial charge in [0.15, 0.2) is 0 Å². The molecule has 0 aromatic carbocycles. The molecule has 2 heterocycles. The third kappa shape index (κ3) is 3.14. The SMILES string of the molecule is CCC1(C(=O)N2CCCN(C(C)=O)CC2)CCCNC1. The molecule has 1 atom stereocenters. The maximum absolute atomic E-state index is 12.9. The van der Waals surface area contributed by atoms with E-state index in [0.717, 1.165) is 51.9 Å². The Morgan fingerprint density at radius 1 is 1.10 bits per heavy atom. The summed E-state index contributed by atoms with van der Waals surface area (Å²) < 4.78 is 0. The number of piperidine rings is 1. The quantitative estimate of drug-likeness (QED) is 0.816. The molecule has 0 saturated carbocycles. The largest absolute Gasteiger partial charge is 0.341 e. The number of amides is 2. The van der Waals surface area contributed by atoms with Gasteiger partial charge < -0.3 is 15.1 Å². The number of carbonyl (C=O) groups is 2. The maximum atomic E-state index is 12.9. The predicted molar refractivity (Wildman–Crippen MR) is 78.3 cm³/mol. The fourth-order valence-electron chi connectivity index (χ4n) is 3.37. The highest BCUT2D eigenvalue weighted by atomic mass is 16.2. The number of nitrogens with zero attached hydrogens (tertiary/aromatic N) is 2. The molecule has 2 saturated heterocycles. The zero-order chi connectivity index (χ0) is 14.6. The van der Waals surface area contributed by atoms with Crippen molar-refractivity contribution in [2.24, 2.45) is 5.41 Å². The van der Waals surface area contributed by atoms with Gasteiger partial charge in [-0.2, -0.15) is 0 Å². The Morgan fingerprint density at radius 3 is 2.40 bits per heavy atom. The minimum atomic E-state index is -0.219. The lowest BCUT2D eigenvalue weighted by Gasteiger charge is -2.39. The van der Waals surface area contributed by atoms with Gasteiger partial charge >= 0.3 is 0 Å². The summed E-state index contributed by atoms with van der Waals surface area (Å²) in [4.78, 5) is 28.2. The van der Waals surface area contributed by atoms with Gasteiger partial charge in [-0.05, 0) is 32.2 Å². The summed E-state index contributed by atoms with van der Waals surface area (Å²) in [7, 11) is 0. The van der Waals surface area contributed by atoms with E-state index in [4.69, 9.17) is 0 Å². The van der Waals surface area contributed by atoms with E-state index in [1.165, 1.54) is 0 Å².